The molecular formula is C68H63N3O. The van der Waals surface area contributed by atoms with Gasteiger partial charge < -0.3 is 20.7 Å². The normalized spacial score (nSPS) is 11.9. The summed E-state index contributed by atoms with van der Waals surface area (Å²) in [7, 11) is 1.67. The third-order valence-electron chi connectivity index (χ3n) is 13.3. The van der Waals surface area contributed by atoms with Crippen LogP contribution in [0.1, 0.15) is 51.3 Å². The Bertz CT molecular complexity index is 3290. The number of hydrogen-bond acceptors (Lipinski definition) is 4. The standard InChI is InChI=1S/C27H23N.C22H23N.C19H17NO/c1-27(2)25-11-7-6-10-23(25)24-17-16-22(18-26(24)27)28-21-14-12-20(13-15-21)19-8-4-3-5-9-19;1-22(2,3)19-11-15-21(16-12-19)23-20-13-9-18(10-14-20)17-7-5-4-6-8-17;1-21-19-13-11-18(12-14-19)20-17-9-7-16(8-10-17)15-5-3-2-4-6-15/h3-18,28H,1-2H3;4-16,23H,1-3H3;2-14,20H,1H3. The van der Waals surface area contributed by atoms with Crippen molar-refractivity contribution in [1.82, 2.24) is 0 Å². The first-order valence-corrected chi connectivity index (χ1v) is 24.8. The highest BCUT2D eigenvalue weighted by atomic mass is 16.5. The third-order valence-corrected chi connectivity index (χ3v) is 13.3. The highest BCUT2D eigenvalue weighted by Gasteiger charge is 2.35. The Morgan fingerprint density at radius 2 is 0.639 bits per heavy atom. The molecule has 356 valence electrons. The van der Waals surface area contributed by atoms with E-state index in [0.717, 1.165) is 39.9 Å². The molecule has 1 aliphatic carbocycles. The number of nitrogens with one attached hydrogen (secondary N) is 3. The van der Waals surface area contributed by atoms with Gasteiger partial charge in [-0.2, -0.15) is 0 Å². The first kappa shape index (κ1) is 48.4. The lowest BCUT2D eigenvalue weighted by atomic mass is 9.82. The quantitative estimate of drug-likeness (QED) is 0.128. The highest BCUT2D eigenvalue weighted by molar-refractivity contribution is 5.83. The van der Waals surface area contributed by atoms with Crippen LogP contribution in [0.3, 0.4) is 0 Å². The van der Waals surface area contributed by atoms with Crippen LogP contribution in [0.2, 0.25) is 0 Å². The molecule has 0 aliphatic heterocycles. The molecule has 0 spiro atoms. The second-order valence-electron chi connectivity index (χ2n) is 19.7. The molecule has 0 unspecified atom stereocenters. The van der Waals surface area contributed by atoms with Crippen molar-refractivity contribution in [1.29, 1.82) is 0 Å². The number of ether oxygens (including phenoxy) is 1. The Kier molecular flexibility index (Phi) is 14.8. The Balaban J connectivity index is 0.000000135. The number of benzene rings is 10. The van der Waals surface area contributed by atoms with Gasteiger partial charge in [-0.1, -0.05) is 204 Å². The lowest BCUT2D eigenvalue weighted by Crippen LogP contribution is -2.15. The van der Waals surface area contributed by atoms with E-state index in [1.807, 2.05) is 42.5 Å². The van der Waals surface area contributed by atoms with E-state index < -0.39 is 0 Å². The van der Waals surface area contributed by atoms with Crippen molar-refractivity contribution >= 4 is 34.1 Å². The topological polar surface area (TPSA) is 45.3 Å². The lowest BCUT2D eigenvalue weighted by molar-refractivity contribution is 0.415. The molecule has 0 saturated carbocycles. The summed E-state index contributed by atoms with van der Waals surface area (Å²) in [6, 6.07) is 89.0. The van der Waals surface area contributed by atoms with E-state index in [0.29, 0.717) is 0 Å². The maximum absolute atomic E-state index is 5.16. The van der Waals surface area contributed by atoms with Gasteiger partial charge in [0, 0.05) is 39.5 Å². The van der Waals surface area contributed by atoms with E-state index in [1.54, 1.807) is 7.11 Å². The van der Waals surface area contributed by atoms with Crippen LogP contribution in [0, 0.1) is 0 Å². The molecule has 0 radical (unpaired) electrons. The van der Waals surface area contributed by atoms with E-state index >= 15 is 0 Å². The first-order valence-electron chi connectivity index (χ1n) is 24.8. The van der Waals surface area contributed by atoms with Crippen LogP contribution in [-0.4, -0.2) is 7.11 Å². The zero-order valence-corrected chi connectivity index (χ0v) is 42.2. The molecule has 0 fully saturated rings. The van der Waals surface area contributed by atoms with Crippen molar-refractivity contribution in [3.8, 4) is 50.3 Å². The van der Waals surface area contributed by atoms with Crippen LogP contribution < -0.4 is 20.7 Å². The van der Waals surface area contributed by atoms with Crippen LogP contribution in [0.4, 0.5) is 34.1 Å². The van der Waals surface area contributed by atoms with Gasteiger partial charge in [-0.15, -0.1) is 0 Å². The van der Waals surface area contributed by atoms with Crippen LogP contribution in [0.15, 0.2) is 255 Å². The van der Waals surface area contributed by atoms with Gasteiger partial charge in [-0.25, -0.2) is 0 Å². The van der Waals surface area contributed by atoms with Crippen LogP contribution in [0.25, 0.3) is 44.5 Å². The fourth-order valence-corrected chi connectivity index (χ4v) is 9.14. The fourth-order valence-electron chi connectivity index (χ4n) is 9.14. The van der Waals surface area contributed by atoms with Crippen LogP contribution in [-0.2, 0) is 10.8 Å². The zero-order valence-electron chi connectivity index (χ0n) is 42.2. The van der Waals surface area contributed by atoms with Crippen molar-refractivity contribution in [2.75, 3.05) is 23.1 Å². The summed E-state index contributed by atoms with van der Waals surface area (Å²) >= 11 is 0. The first-order chi connectivity index (χ1) is 35.0. The van der Waals surface area contributed by atoms with Gasteiger partial charge in [-0.3, -0.25) is 0 Å². The predicted octanol–water partition coefficient (Wildman–Crippen LogP) is 18.9. The molecule has 1 aliphatic rings. The van der Waals surface area contributed by atoms with Gasteiger partial charge in [0.1, 0.15) is 5.75 Å². The van der Waals surface area contributed by atoms with Gasteiger partial charge in [0.2, 0.25) is 0 Å². The molecule has 10 aromatic carbocycles. The van der Waals surface area contributed by atoms with Crippen molar-refractivity contribution in [3.63, 3.8) is 0 Å². The van der Waals surface area contributed by atoms with E-state index in [4.69, 9.17) is 4.74 Å². The molecule has 4 nitrogen and oxygen atoms in total. The Morgan fingerprint density at radius 3 is 1.04 bits per heavy atom. The van der Waals surface area contributed by atoms with E-state index in [9.17, 15) is 0 Å². The molecule has 3 N–H and O–H groups in total. The monoisotopic (exact) mass is 937 g/mol. The number of methoxy groups -OCH3 is 1. The van der Waals surface area contributed by atoms with Crippen molar-refractivity contribution in [2.45, 2.75) is 45.4 Å². The van der Waals surface area contributed by atoms with Crippen molar-refractivity contribution in [2.24, 2.45) is 0 Å². The minimum absolute atomic E-state index is 0.0286. The average molecular weight is 938 g/mol. The largest absolute Gasteiger partial charge is 0.497 e. The minimum atomic E-state index is 0.0286. The Labute approximate surface area is 427 Å². The molecule has 72 heavy (non-hydrogen) atoms. The minimum Gasteiger partial charge on any atom is -0.497 e. The van der Waals surface area contributed by atoms with Gasteiger partial charge in [0.05, 0.1) is 7.11 Å². The molecule has 0 bridgehead atoms. The second-order valence-corrected chi connectivity index (χ2v) is 19.7. The zero-order chi connectivity index (χ0) is 49.9. The highest BCUT2D eigenvalue weighted by Crippen LogP contribution is 2.49. The SMILES string of the molecule is CC(C)(C)c1ccc(Nc2ccc(-c3ccccc3)cc2)cc1.CC1(C)c2ccccc2-c2ccc(Nc3ccc(-c4ccccc4)cc3)cc21.COc1ccc(Nc2ccc(-c3ccccc3)cc2)cc1. The summed E-state index contributed by atoms with van der Waals surface area (Å²) < 4.78 is 5.16. The van der Waals surface area contributed by atoms with Gasteiger partial charge >= 0.3 is 0 Å². The molecule has 0 aromatic heterocycles. The molecule has 0 heterocycles. The summed E-state index contributed by atoms with van der Waals surface area (Å²) in [6.45, 7) is 11.3. The second kappa shape index (κ2) is 22.0. The summed E-state index contributed by atoms with van der Waals surface area (Å²) in [4.78, 5) is 0. The summed E-state index contributed by atoms with van der Waals surface area (Å²) in [5, 5.41) is 10.4. The van der Waals surface area contributed by atoms with Gasteiger partial charge in [-0.05, 0) is 152 Å². The third kappa shape index (κ3) is 11.9. The molecule has 11 rings (SSSR count). The average Bonchev–Trinajstić information content (AvgIpc) is 3.65. The fraction of sp³-hybridized carbons (Fsp3) is 0.118. The van der Waals surface area contributed by atoms with Gasteiger partial charge in [0.15, 0.2) is 0 Å². The maximum atomic E-state index is 5.16. The summed E-state index contributed by atoms with van der Waals surface area (Å²) in [5.41, 5.74) is 21.1. The molecule has 0 amide bonds. The smallest absolute Gasteiger partial charge is 0.119 e. The van der Waals surface area contributed by atoms with Crippen LogP contribution >= 0.6 is 0 Å². The van der Waals surface area contributed by atoms with E-state index in [-0.39, 0.29) is 10.8 Å². The molecular weight excluding hydrogens is 875 g/mol. The molecule has 10 aromatic rings. The predicted molar refractivity (Wildman–Crippen MR) is 308 cm³/mol. The van der Waals surface area contributed by atoms with E-state index in [1.165, 1.54) is 61.2 Å². The molecule has 4 heteroatoms. The Morgan fingerprint density at radius 1 is 0.319 bits per heavy atom. The van der Waals surface area contributed by atoms with Crippen molar-refractivity contribution < 1.29 is 4.74 Å². The number of fused-ring (bicyclic) bond motifs is 3. The molecule has 0 atom stereocenters. The van der Waals surface area contributed by atoms with Crippen LogP contribution in [0.5, 0.6) is 5.75 Å². The summed E-state index contributed by atoms with van der Waals surface area (Å²) in [5.74, 6) is 0.861. The molecule has 0 saturated heterocycles. The lowest BCUT2D eigenvalue weighted by Gasteiger charge is -2.22. The van der Waals surface area contributed by atoms with Gasteiger partial charge in [0.25, 0.3) is 0 Å². The Hall–Kier alpha value is -8.60. The van der Waals surface area contributed by atoms with E-state index in [2.05, 4.69) is 263 Å². The number of anilines is 6. The summed E-state index contributed by atoms with van der Waals surface area (Å²) in [6.07, 6.45) is 0. The maximum Gasteiger partial charge on any atom is 0.119 e. The number of rotatable bonds is 10. The van der Waals surface area contributed by atoms with Crippen molar-refractivity contribution in [3.05, 3.63) is 271 Å². The number of hydrogen-bond donors (Lipinski definition) is 3.